The molecule has 7 heteroatoms. The topological polar surface area (TPSA) is 59.1 Å². The van der Waals surface area contributed by atoms with Crippen LogP contribution in [0.25, 0.3) is 5.57 Å². The maximum absolute atomic E-state index is 12.6. The van der Waals surface area contributed by atoms with Gasteiger partial charge in [-0.25, -0.2) is 0 Å². The van der Waals surface area contributed by atoms with Gasteiger partial charge in [0.2, 0.25) is 0 Å². The van der Waals surface area contributed by atoms with E-state index in [1.807, 2.05) is 30.3 Å². The second-order valence-electron chi connectivity index (χ2n) is 5.59. The molecule has 0 aliphatic carbocycles. The molecule has 0 bridgehead atoms. The fourth-order valence-corrected chi connectivity index (χ4v) is 4.41. The van der Waals surface area contributed by atoms with E-state index in [-0.39, 0.29) is 0 Å². The zero-order chi connectivity index (χ0) is 16.3. The van der Waals surface area contributed by atoms with Crippen molar-refractivity contribution >= 4 is 15.8 Å². The summed E-state index contributed by atoms with van der Waals surface area (Å²) in [7, 11) is -1.74. The molecule has 2 aliphatic rings. The molecular formula is C16H22N2O4S. The fraction of sp³-hybridized carbons (Fsp3) is 0.500. The maximum Gasteiger partial charge on any atom is 0.282 e. The van der Waals surface area contributed by atoms with Crippen LogP contribution in [0.3, 0.4) is 0 Å². The Morgan fingerprint density at radius 3 is 2.57 bits per heavy atom. The van der Waals surface area contributed by atoms with Crippen LogP contribution in [0.2, 0.25) is 0 Å². The maximum atomic E-state index is 12.6. The number of nitrogens with zero attached hydrogens (tertiary/aromatic N) is 2. The Hall–Kier alpha value is -1.41. The van der Waals surface area contributed by atoms with Crippen molar-refractivity contribution in [3.8, 4) is 5.75 Å². The lowest BCUT2D eigenvalue weighted by Crippen LogP contribution is -2.49. The Morgan fingerprint density at radius 1 is 1.13 bits per heavy atom. The van der Waals surface area contributed by atoms with Crippen LogP contribution in [0, 0.1) is 0 Å². The van der Waals surface area contributed by atoms with Crippen molar-refractivity contribution in [3.05, 3.63) is 35.9 Å². The third-order valence-corrected chi connectivity index (χ3v) is 6.24. The lowest BCUT2D eigenvalue weighted by molar-refractivity contribution is 0.0703. The molecule has 1 saturated heterocycles. The van der Waals surface area contributed by atoms with Crippen LogP contribution >= 0.6 is 0 Å². The van der Waals surface area contributed by atoms with Crippen LogP contribution in [-0.4, -0.2) is 63.5 Å². The minimum absolute atomic E-state index is 0.409. The Balaban J connectivity index is 1.72. The minimum atomic E-state index is -3.39. The zero-order valence-electron chi connectivity index (χ0n) is 13.3. The van der Waals surface area contributed by atoms with E-state index in [4.69, 9.17) is 9.47 Å². The Bertz CT molecular complexity index is 681. The van der Waals surface area contributed by atoms with Crippen molar-refractivity contribution in [3.63, 3.8) is 0 Å². The smallest absolute Gasteiger partial charge is 0.282 e. The Kier molecular flexibility index (Phi) is 5.01. The molecule has 23 heavy (non-hydrogen) atoms. The van der Waals surface area contributed by atoms with Gasteiger partial charge in [0.25, 0.3) is 10.2 Å². The van der Waals surface area contributed by atoms with E-state index in [1.165, 1.54) is 4.31 Å². The normalized spacial score (nSPS) is 21.0. The summed E-state index contributed by atoms with van der Waals surface area (Å²) in [6, 6.07) is 7.87. The molecule has 1 aromatic rings. The first kappa shape index (κ1) is 16.4. The Labute approximate surface area is 137 Å². The van der Waals surface area contributed by atoms with Crippen LogP contribution in [0.4, 0.5) is 0 Å². The molecule has 1 aromatic carbocycles. The third-order valence-electron chi connectivity index (χ3n) is 4.24. The van der Waals surface area contributed by atoms with Crippen LogP contribution < -0.4 is 4.74 Å². The van der Waals surface area contributed by atoms with Gasteiger partial charge in [-0.15, -0.1) is 0 Å². The van der Waals surface area contributed by atoms with Crippen molar-refractivity contribution in [2.75, 3.05) is 46.5 Å². The van der Waals surface area contributed by atoms with Crippen molar-refractivity contribution in [1.82, 2.24) is 8.61 Å². The molecule has 0 atom stereocenters. The highest BCUT2D eigenvalue weighted by atomic mass is 32.2. The van der Waals surface area contributed by atoms with Crippen LogP contribution in [0.5, 0.6) is 5.75 Å². The molecule has 2 heterocycles. The SMILES string of the molecule is COc1cccc(C2=CCN(S(=O)(=O)N3CCOCC3)CC2)c1. The van der Waals surface area contributed by atoms with Gasteiger partial charge in [-0.3, -0.25) is 0 Å². The van der Waals surface area contributed by atoms with Gasteiger partial charge in [0.15, 0.2) is 0 Å². The number of hydrogen-bond acceptors (Lipinski definition) is 4. The van der Waals surface area contributed by atoms with E-state index in [0.717, 1.165) is 16.9 Å². The first-order valence-corrected chi connectivity index (χ1v) is 9.17. The summed E-state index contributed by atoms with van der Waals surface area (Å²) in [6.07, 6.45) is 2.70. The number of benzene rings is 1. The molecule has 0 radical (unpaired) electrons. The molecule has 0 spiro atoms. The third kappa shape index (κ3) is 3.58. The van der Waals surface area contributed by atoms with Crippen LogP contribution in [0.1, 0.15) is 12.0 Å². The molecule has 0 N–H and O–H groups in total. The molecule has 6 nitrogen and oxygen atoms in total. The van der Waals surface area contributed by atoms with Crippen molar-refractivity contribution in [2.45, 2.75) is 6.42 Å². The van der Waals surface area contributed by atoms with Gasteiger partial charge in [0, 0.05) is 26.2 Å². The summed E-state index contributed by atoms with van der Waals surface area (Å²) in [5, 5.41) is 0. The molecule has 126 valence electrons. The van der Waals surface area contributed by atoms with E-state index in [0.29, 0.717) is 45.8 Å². The van der Waals surface area contributed by atoms with Gasteiger partial charge in [-0.05, 0) is 29.7 Å². The first-order valence-electron chi connectivity index (χ1n) is 7.77. The van der Waals surface area contributed by atoms with E-state index in [9.17, 15) is 8.42 Å². The highest BCUT2D eigenvalue weighted by Crippen LogP contribution is 2.27. The number of methoxy groups -OCH3 is 1. The van der Waals surface area contributed by atoms with E-state index >= 15 is 0 Å². The van der Waals surface area contributed by atoms with Gasteiger partial charge in [-0.2, -0.15) is 17.0 Å². The number of morpholine rings is 1. The fourth-order valence-electron chi connectivity index (χ4n) is 2.89. The molecule has 1 fully saturated rings. The predicted octanol–water partition coefficient (Wildman–Crippen LogP) is 1.36. The molecule has 0 aromatic heterocycles. The van der Waals surface area contributed by atoms with Gasteiger partial charge >= 0.3 is 0 Å². The van der Waals surface area contributed by atoms with Gasteiger partial charge < -0.3 is 9.47 Å². The van der Waals surface area contributed by atoms with Crippen molar-refractivity contribution < 1.29 is 17.9 Å². The lowest BCUT2D eigenvalue weighted by atomic mass is 10.0. The average molecular weight is 338 g/mol. The lowest BCUT2D eigenvalue weighted by Gasteiger charge is -2.33. The molecule has 3 rings (SSSR count). The van der Waals surface area contributed by atoms with Crippen LogP contribution in [-0.2, 0) is 14.9 Å². The summed E-state index contributed by atoms with van der Waals surface area (Å²) < 4.78 is 38.8. The zero-order valence-corrected chi connectivity index (χ0v) is 14.1. The number of hydrogen-bond donors (Lipinski definition) is 0. The van der Waals surface area contributed by atoms with Gasteiger partial charge in [0.1, 0.15) is 5.75 Å². The number of ether oxygens (including phenoxy) is 2. The summed E-state index contributed by atoms with van der Waals surface area (Å²) >= 11 is 0. The molecule has 0 amide bonds. The molecule has 0 saturated carbocycles. The molecule has 2 aliphatic heterocycles. The summed E-state index contributed by atoms with van der Waals surface area (Å²) in [4.78, 5) is 0. The van der Waals surface area contributed by atoms with E-state index in [2.05, 4.69) is 0 Å². The summed E-state index contributed by atoms with van der Waals surface area (Å²) in [5.41, 5.74) is 2.25. The highest BCUT2D eigenvalue weighted by molar-refractivity contribution is 7.86. The Morgan fingerprint density at radius 2 is 1.91 bits per heavy atom. The summed E-state index contributed by atoms with van der Waals surface area (Å²) in [5.74, 6) is 0.812. The minimum Gasteiger partial charge on any atom is -0.497 e. The van der Waals surface area contributed by atoms with E-state index in [1.54, 1.807) is 11.4 Å². The standard InChI is InChI=1S/C16H22N2O4S/c1-21-16-4-2-3-15(13-16)14-5-7-17(8-6-14)23(19,20)18-9-11-22-12-10-18/h2-5,13H,6-12H2,1H3. The molecular weight excluding hydrogens is 316 g/mol. The van der Waals surface area contributed by atoms with Crippen molar-refractivity contribution in [2.24, 2.45) is 0 Å². The highest BCUT2D eigenvalue weighted by Gasteiger charge is 2.31. The molecule has 0 unspecified atom stereocenters. The van der Waals surface area contributed by atoms with Crippen LogP contribution in [0.15, 0.2) is 30.3 Å². The monoisotopic (exact) mass is 338 g/mol. The quantitative estimate of drug-likeness (QED) is 0.832. The first-order chi connectivity index (χ1) is 11.1. The largest absolute Gasteiger partial charge is 0.497 e. The van der Waals surface area contributed by atoms with Gasteiger partial charge in [0.05, 0.1) is 20.3 Å². The second-order valence-corrected chi connectivity index (χ2v) is 7.52. The second kappa shape index (κ2) is 7.00. The van der Waals surface area contributed by atoms with Gasteiger partial charge in [-0.1, -0.05) is 18.2 Å². The average Bonchev–Trinajstić information content (AvgIpc) is 2.62. The summed E-state index contributed by atoms with van der Waals surface area (Å²) in [6.45, 7) is 2.72. The van der Waals surface area contributed by atoms with E-state index < -0.39 is 10.2 Å². The number of rotatable bonds is 4. The predicted molar refractivity (Wildman–Crippen MR) is 88.5 cm³/mol. The van der Waals surface area contributed by atoms with Crippen molar-refractivity contribution in [1.29, 1.82) is 0 Å².